The Balaban J connectivity index is 1.69. The Morgan fingerprint density at radius 2 is 1.32 bits per heavy atom. The number of non-ortho nitro benzene ring substituents is 1. The molecule has 41 heavy (non-hydrogen) atoms. The number of phenolic OH excluding ortho intramolecular Hbond substituents is 1. The second kappa shape index (κ2) is 9.13. The highest BCUT2D eigenvalue weighted by Crippen LogP contribution is 2.47. The molecule has 0 bridgehead atoms. The van der Waals surface area contributed by atoms with Gasteiger partial charge in [-0.3, -0.25) is 10.1 Å². The molecule has 5 aromatic carbocycles. The number of nitro groups is 1. The van der Waals surface area contributed by atoms with Crippen molar-refractivity contribution in [2.45, 2.75) is 5.92 Å². The number of hydrogen-bond acceptors (Lipinski definition) is 8. The van der Waals surface area contributed by atoms with Gasteiger partial charge in [-0.2, -0.15) is 0 Å². The molecule has 7 aromatic rings. The highest BCUT2D eigenvalue weighted by atomic mass is 16.6. The van der Waals surface area contributed by atoms with Gasteiger partial charge in [0.1, 0.15) is 17.1 Å². The van der Waals surface area contributed by atoms with Crippen molar-refractivity contribution in [2.24, 2.45) is 0 Å². The van der Waals surface area contributed by atoms with Gasteiger partial charge in [-0.1, -0.05) is 60.7 Å². The van der Waals surface area contributed by atoms with Crippen LogP contribution < -0.4 is 5.63 Å². The molecule has 0 spiro atoms. The first kappa shape index (κ1) is 24.2. The minimum Gasteiger partial charge on any atom is -0.507 e. The molecule has 1 atom stereocenters. The summed E-state index contributed by atoms with van der Waals surface area (Å²) in [6.45, 7) is 0. The summed E-state index contributed by atoms with van der Waals surface area (Å²) in [6.07, 6.45) is 0. The van der Waals surface area contributed by atoms with Gasteiger partial charge < -0.3 is 14.6 Å². The largest absolute Gasteiger partial charge is 0.507 e. The summed E-state index contributed by atoms with van der Waals surface area (Å²) in [7, 11) is 0. The van der Waals surface area contributed by atoms with E-state index < -0.39 is 16.5 Å². The molecular weight excluding hydrogens is 522 g/mol. The molecule has 7 rings (SSSR count). The van der Waals surface area contributed by atoms with E-state index in [1.165, 1.54) is 18.2 Å². The number of aromatic nitrogens is 2. The maximum Gasteiger partial charge on any atom is 0.344 e. The lowest BCUT2D eigenvalue weighted by Crippen LogP contribution is -2.17. The van der Waals surface area contributed by atoms with Gasteiger partial charge in [-0.15, -0.1) is 0 Å². The highest BCUT2D eigenvalue weighted by Gasteiger charge is 2.33. The Labute approximate surface area is 230 Å². The maximum atomic E-state index is 13.6. The number of phenols is 1. The average molecular weight is 542 g/mol. The summed E-state index contributed by atoms with van der Waals surface area (Å²) in [5.41, 5.74) is 1.27. The fourth-order valence-corrected chi connectivity index (χ4v) is 5.50. The van der Waals surface area contributed by atoms with Gasteiger partial charge in [-0.05, 0) is 29.8 Å². The molecule has 1 unspecified atom stereocenters. The summed E-state index contributed by atoms with van der Waals surface area (Å²) in [5, 5.41) is 36.5. The number of hydrogen-bond donors (Lipinski definition) is 2. The van der Waals surface area contributed by atoms with Crippen molar-refractivity contribution in [3.05, 3.63) is 134 Å². The van der Waals surface area contributed by atoms with Crippen molar-refractivity contribution in [2.75, 3.05) is 0 Å². The predicted octanol–water partition coefficient (Wildman–Crippen LogP) is 6.54. The van der Waals surface area contributed by atoms with E-state index in [0.29, 0.717) is 27.3 Å². The molecule has 0 aliphatic heterocycles. The highest BCUT2D eigenvalue weighted by molar-refractivity contribution is 6.11. The van der Waals surface area contributed by atoms with Crippen LogP contribution in [0.4, 0.5) is 5.69 Å². The van der Waals surface area contributed by atoms with E-state index in [4.69, 9.17) is 14.4 Å². The van der Waals surface area contributed by atoms with Crippen molar-refractivity contribution in [1.82, 2.24) is 9.97 Å². The third-order valence-corrected chi connectivity index (χ3v) is 7.33. The van der Waals surface area contributed by atoms with E-state index >= 15 is 0 Å². The first-order valence-corrected chi connectivity index (χ1v) is 12.7. The predicted molar refractivity (Wildman–Crippen MR) is 154 cm³/mol. The second-order valence-corrected chi connectivity index (χ2v) is 9.65. The van der Waals surface area contributed by atoms with Crippen LogP contribution in [0, 0.1) is 10.1 Å². The topological polar surface area (TPSA) is 140 Å². The van der Waals surface area contributed by atoms with Crippen LogP contribution >= 0.6 is 0 Å². The van der Waals surface area contributed by atoms with E-state index in [9.17, 15) is 25.1 Å². The van der Waals surface area contributed by atoms with E-state index in [1.54, 1.807) is 48.5 Å². The molecule has 0 saturated carbocycles. The first-order valence-electron chi connectivity index (χ1n) is 12.7. The summed E-state index contributed by atoms with van der Waals surface area (Å²) < 4.78 is 5.62. The Morgan fingerprint density at radius 3 is 2.05 bits per heavy atom. The third-order valence-electron chi connectivity index (χ3n) is 7.33. The van der Waals surface area contributed by atoms with E-state index in [0.717, 1.165) is 0 Å². The minimum atomic E-state index is -1.21. The lowest BCUT2D eigenvalue weighted by molar-refractivity contribution is -0.384. The van der Waals surface area contributed by atoms with Gasteiger partial charge in [0, 0.05) is 28.5 Å². The van der Waals surface area contributed by atoms with Crippen molar-refractivity contribution >= 4 is 49.5 Å². The lowest BCUT2D eigenvalue weighted by atomic mass is 9.82. The molecule has 2 heterocycles. The van der Waals surface area contributed by atoms with Crippen molar-refractivity contribution in [3.63, 3.8) is 0 Å². The van der Waals surface area contributed by atoms with Crippen LogP contribution in [-0.2, 0) is 0 Å². The summed E-state index contributed by atoms with van der Waals surface area (Å²) in [5.74, 6) is -1.76. The second-order valence-electron chi connectivity index (χ2n) is 9.65. The molecule has 0 aliphatic carbocycles. The number of nitrogens with zero attached hydrogens (tertiary/aromatic N) is 3. The number of nitro benzene ring substituents is 1. The van der Waals surface area contributed by atoms with Crippen molar-refractivity contribution in [1.29, 1.82) is 0 Å². The SMILES string of the molecule is O=c1oc2ccccc2c(O)c1C(c1cccc([N+](=O)[O-])c1)c1c(O)c2ccccc2c2nc3ccccc3nc12. The molecule has 0 fully saturated rings. The maximum absolute atomic E-state index is 13.6. The Hall–Kier alpha value is -5.83. The normalized spacial score (nSPS) is 12.3. The molecule has 0 radical (unpaired) electrons. The molecule has 0 aliphatic rings. The Morgan fingerprint density at radius 1 is 0.707 bits per heavy atom. The number of fused-ring (bicyclic) bond motifs is 5. The lowest BCUT2D eigenvalue weighted by Gasteiger charge is -2.22. The molecule has 9 heteroatoms. The molecule has 0 amide bonds. The minimum absolute atomic E-state index is 0.162. The molecule has 0 saturated heterocycles. The van der Waals surface area contributed by atoms with Crippen LogP contribution in [0.25, 0.3) is 43.8 Å². The van der Waals surface area contributed by atoms with Crippen LogP contribution in [-0.4, -0.2) is 25.1 Å². The van der Waals surface area contributed by atoms with Gasteiger partial charge >= 0.3 is 5.63 Å². The zero-order valence-corrected chi connectivity index (χ0v) is 21.2. The summed E-state index contributed by atoms with van der Waals surface area (Å²) >= 11 is 0. The van der Waals surface area contributed by atoms with Gasteiger partial charge in [-0.25, -0.2) is 14.8 Å². The smallest absolute Gasteiger partial charge is 0.344 e. The summed E-state index contributed by atoms with van der Waals surface area (Å²) in [4.78, 5) is 34.6. The molecular formula is C32H19N3O6. The first-order chi connectivity index (χ1) is 19.9. The van der Waals surface area contributed by atoms with Gasteiger partial charge in [0.25, 0.3) is 5.69 Å². The van der Waals surface area contributed by atoms with Crippen molar-refractivity contribution < 1.29 is 19.6 Å². The van der Waals surface area contributed by atoms with Crippen LogP contribution in [0.3, 0.4) is 0 Å². The van der Waals surface area contributed by atoms with Crippen LogP contribution in [0.5, 0.6) is 11.5 Å². The molecule has 2 N–H and O–H groups in total. The average Bonchev–Trinajstić information content (AvgIpc) is 2.99. The molecule has 9 nitrogen and oxygen atoms in total. The fourth-order valence-electron chi connectivity index (χ4n) is 5.50. The van der Waals surface area contributed by atoms with Crippen LogP contribution in [0.1, 0.15) is 22.6 Å². The van der Waals surface area contributed by atoms with E-state index in [1.807, 2.05) is 30.3 Å². The van der Waals surface area contributed by atoms with E-state index in [2.05, 4.69) is 0 Å². The van der Waals surface area contributed by atoms with Gasteiger partial charge in [0.2, 0.25) is 0 Å². The number of para-hydroxylation sites is 3. The van der Waals surface area contributed by atoms with Crippen LogP contribution in [0.2, 0.25) is 0 Å². The monoisotopic (exact) mass is 541 g/mol. The summed E-state index contributed by atoms with van der Waals surface area (Å²) in [6, 6.07) is 26.6. The van der Waals surface area contributed by atoms with E-state index in [-0.39, 0.29) is 50.4 Å². The fraction of sp³-hybridized carbons (Fsp3) is 0.0312. The number of rotatable bonds is 4. The van der Waals surface area contributed by atoms with Gasteiger partial charge in [0.05, 0.1) is 43.9 Å². The molecule has 198 valence electrons. The third kappa shape index (κ3) is 3.75. The zero-order valence-electron chi connectivity index (χ0n) is 21.2. The Bertz CT molecular complexity index is 2260. The number of benzene rings is 5. The quantitative estimate of drug-likeness (QED) is 0.0841. The number of aromatic hydroxyl groups is 2. The molecule has 2 aromatic heterocycles. The van der Waals surface area contributed by atoms with Crippen LogP contribution in [0.15, 0.2) is 106 Å². The van der Waals surface area contributed by atoms with Gasteiger partial charge in [0.15, 0.2) is 0 Å². The standard InChI is InChI=1S/C32H19N3O6/c36-30-20-11-2-1-10-19(20)28-29(34-23-14-5-4-13-22(23)33-28)26(30)25(17-8-7-9-18(16-17)35(39)40)27-31(37)21-12-3-6-15-24(21)41-32(27)38/h1-16,25,36-37H. The van der Waals surface area contributed by atoms with Crippen molar-refractivity contribution in [3.8, 4) is 11.5 Å². The zero-order chi connectivity index (χ0) is 28.2. The Kier molecular flexibility index (Phi) is 5.39.